The zero-order chi connectivity index (χ0) is 12.4. The van der Waals surface area contributed by atoms with Crippen molar-refractivity contribution in [1.82, 2.24) is 4.57 Å². The highest BCUT2D eigenvalue weighted by atomic mass is 127. The number of nitrogens with zero attached hydrogens (tertiary/aromatic N) is 3. The van der Waals surface area contributed by atoms with Crippen molar-refractivity contribution in [3.8, 4) is 0 Å². The van der Waals surface area contributed by atoms with E-state index >= 15 is 0 Å². The predicted octanol–water partition coefficient (Wildman–Crippen LogP) is 4.66. The van der Waals surface area contributed by atoms with E-state index in [4.69, 9.17) is 0 Å². The second-order valence-corrected chi connectivity index (χ2v) is 5.24. The molecule has 0 aliphatic carbocycles. The molecular weight excluding hydrogens is 325 g/mol. The second kappa shape index (κ2) is 5.00. The van der Waals surface area contributed by atoms with Gasteiger partial charge in [-0.05, 0) is 66.8 Å². The molecule has 0 N–H and O–H groups in total. The topological polar surface area (TPSA) is 29.6 Å². The molecule has 0 atom stereocenters. The molecule has 2 rings (SSSR count). The average Bonchev–Trinajstić information content (AvgIpc) is 2.56. The summed E-state index contributed by atoms with van der Waals surface area (Å²) in [4.78, 5) is 0. The van der Waals surface area contributed by atoms with Gasteiger partial charge in [-0.25, -0.2) is 0 Å². The van der Waals surface area contributed by atoms with Crippen molar-refractivity contribution < 1.29 is 0 Å². The first kappa shape index (κ1) is 12.3. The van der Waals surface area contributed by atoms with Gasteiger partial charge in [0.25, 0.3) is 0 Å². The van der Waals surface area contributed by atoms with Crippen LogP contribution < -0.4 is 0 Å². The minimum absolute atomic E-state index is 0.881. The van der Waals surface area contributed by atoms with Gasteiger partial charge in [-0.15, -0.1) is 5.11 Å². The van der Waals surface area contributed by atoms with Crippen molar-refractivity contribution in [2.45, 2.75) is 13.8 Å². The first-order valence-electron chi connectivity index (χ1n) is 5.38. The number of hydrogen-bond donors (Lipinski definition) is 0. The number of azo groups is 1. The van der Waals surface area contributed by atoms with E-state index in [0.29, 0.717) is 0 Å². The standard InChI is InChI=1S/C13H14IN3/c1-9-8-13(10(2)17(9)3)16-15-12-6-4-11(14)5-7-12/h4-8H,1-3H3. The number of aryl methyl sites for hydroxylation is 1. The largest absolute Gasteiger partial charge is 0.350 e. The van der Waals surface area contributed by atoms with Gasteiger partial charge in [0, 0.05) is 22.0 Å². The molecule has 0 amide bonds. The van der Waals surface area contributed by atoms with Crippen molar-refractivity contribution in [2.75, 3.05) is 0 Å². The molecular formula is C13H14IN3. The van der Waals surface area contributed by atoms with Crippen LogP contribution in [0.15, 0.2) is 40.6 Å². The molecule has 0 saturated heterocycles. The highest BCUT2D eigenvalue weighted by Crippen LogP contribution is 2.24. The molecule has 0 spiro atoms. The third-order valence-corrected chi connectivity index (χ3v) is 3.57. The Hall–Kier alpha value is -1.17. The molecule has 1 aromatic heterocycles. The fraction of sp³-hybridized carbons (Fsp3) is 0.231. The molecule has 3 nitrogen and oxygen atoms in total. The predicted molar refractivity (Wildman–Crippen MR) is 78.2 cm³/mol. The van der Waals surface area contributed by atoms with E-state index in [1.807, 2.05) is 37.4 Å². The van der Waals surface area contributed by atoms with Crippen LogP contribution in [0.4, 0.5) is 11.4 Å². The van der Waals surface area contributed by atoms with Crippen LogP contribution in [-0.2, 0) is 7.05 Å². The van der Waals surface area contributed by atoms with E-state index < -0.39 is 0 Å². The van der Waals surface area contributed by atoms with Gasteiger partial charge >= 0.3 is 0 Å². The lowest BCUT2D eigenvalue weighted by atomic mass is 10.3. The number of aromatic nitrogens is 1. The fourth-order valence-corrected chi connectivity index (χ4v) is 1.92. The minimum atomic E-state index is 0.881. The molecule has 0 saturated carbocycles. The van der Waals surface area contributed by atoms with Gasteiger partial charge in [0.05, 0.1) is 5.69 Å². The van der Waals surface area contributed by atoms with Crippen molar-refractivity contribution in [2.24, 2.45) is 17.3 Å². The number of hydrogen-bond acceptors (Lipinski definition) is 2. The highest BCUT2D eigenvalue weighted by molar-refractivity contribution is 14.1. The van der Waals surface area contributed by atoms with E-state index in [1.165, 1.54) is 9.26 Å². The summed E-state index contributed by atoms with van der Waals surface area (Å²) in [5.41, 5.74) is 4.14. The Labute approximate surface area is 115 Å². The van der Waals surface area contributed by atoms with E-state index in [2.05, 4.69) is 51.2 Å². The molecule has 0 aliphatic heterocycles. The average molecular weight is 339 g/mol. The molecule has 0 unspecified atom stereocenters. The normalized spacial score (nSPS) is 11.3. The van der Waals surface area contributed by atoms with Gasteiger partial charge in [-0.2, -0.15) is 5.11 Å². The van der Waals surface area contributed by atoms with Gasteiger partial charge < -0.3 is 4.57 Å². The maximum absolute atomic E-state index is 4.29. The zero-order valence-electron chi connectivity index (χ0n) is 10.1. The summed E-state index contributed by atoms with van der Waals surface area (Å²) in [6.07, 6.45) is 0. The van der Waals surface area contributed by atoms with Crippen molar-refractivity contribution in [3.05, 3.63) is 45.3 Å². The third kappa shape index (κ3) is 2.74. The zero-order valence-corrected chi connectivity index (χ0v) is 12.3. The van der Waals surface area contributed by atoms with Gasteiger partial charge in [-0.3, -0.25) is 0 Å². The first-order chi connectivity index (χ1) is 8.08. The molecule has 0 aliphatic rings. The van der Waals surface area contributed by atoms with Crippen molar-refractivity contribution in [1.29, 1.82) is 0 Å². The van der Waals surface area contributed by atoms with Gasteiger partial charge in [-0.1, -0.05) is 0 Å². The van der Waals surface area contributed by atoms with Crippen molar-refractivity contribution >= 4 is 34.0 Å². The lowest BCUT2D eigenvalue weighted by Crippen LogP contribution is -1.91. The Kier molecular flexibility index (Phi) is 3.61. The van der Waals surface area contributed by atoms with Gasteiger partial charge in [0.1, 0.15) is 5.69 Å². The summed E-state index contributed by atoms with van der Waals surface area (Å²) in [5.74, 6) is 0. The molecule has 0 radical (unpaired) electrons. The Bertz CT molecular complexity index is 553. The molecule has 2 aromatic rings. The van der Waals surface area contributed by atoms with Crippen LogP contribution in [0.1, 0.15) is 11.4 Å². The van der Waals surface area contributed by atoms with E-state index in [1.54, 1.807) is 0 Å². The molecule has 0 bridgehead atoms. The van der Waals surface area contributed by atoms with Crippen LogP contribution in [0.3, 0.4) is 0 Å². The van der Waals surface area contributed by atoms with Crippen molar-refractivity contribution in [3.63, 3.8) is 0 Å². The monoisotopic (exact) mass is 339 g/mol. The van der Waals surface area contributed by atoms with Gasteiger partial charge in [0.2, 0.25) is 0 Å². The van der Waals surface area contributed by atoms with E-state index in [-0.39, 0.29) is 0 Å². The molecule has 0 fully saturated rings. The number of rotatable bonds is 2. The molecule has 88 valence electrons. The summed E-state index contributed by atoms with van der Waals surface area (Å²) in [6, 6.07) is 10.0. The van der Waals surface area contributed by atoms with E-state index in [9.17, 15) is 0 Å². The van der Waals surface area contributed by atoms with Crippen LogP contribution in [-0.4, -0.2) is 4.57 Å². The maximum Gasteiger partial charge on any atom is 0.107 e. The Morgan fingerprint density at radius 3 is 2.24 bits per heavy atom. The highest BCUT2D eigenvalue weighted by Gasteiger charge is 2.04. The summed E-state index contributed by atoms with van der Waals surface area (Å²) in [7, 11) is 2.04. The van der Waals surface area contributed by atoms with Gasteiger partial charge in [0.15, 0.2) is 0 Å². The molecule has 1 aromatic carbocycles. The Balaban J connectivity index is 2.26. The first-order valence-corrected chi connectivity index (χ1v) is 6.46. The lowest BCUT2D eigenvalue weighted by Gasteiger charge is -1.98. The van der Waals surface area contributed by atoms with E-state index in [0.717, 1.165) is 17.1 Å². The molecule has 4 heteroatoms. The maximum atomic E-state index is 4.29. The van der Waals surface area contributed by atoms with Crippen LogP contribution >= 0.6 is 22.6 Å². The second-order valence-electron chi connectivity index (χ2n) is 3.99. The number of benzene rings is 1. The summed E-state index contributed by atoms with van der Waals surface area (Å²) in [6.45, 7) is 4.12. The summed E-state index contributed by atoms with van der Waals surface area (Å²) >= 11 is 2.27. The van der Waals surface area contributed by atoms with Crippen LogP contribution in [0.2, 0.25) is 0 Å². The number of halogens is 1. The van der Waals surface area contributed by atoms with Crippen LogP contribution in [0.25, 0.3) is 0 Å². The fourth-order valence-electron chi connectivity index (χ4n) is 1.56. The van der Waals surface area contributed by atoms with Crippen LogP contribution in [0, 0.1) is 17.4 Å². The SMILES string of the molecule is Cc1cc(N=Nc2ccc(I)cc2)c(C)n1C. The Morgan fingerprint density at radius 1 is 1.06 bits per heavy atom. The Morgan fingerprint density at radius 2 is 1.71 bits per heavy atom. The third-order valence-electron chi connectivity index (χ3n) is 2.85. The molecule has 1 heterocycles. The molecule has 17 heavy (non-hydrogen) atoms. The van der Waals surface area contributed by atoms with Crippen LogP contribution in [0.5, 0.6) is 0 Å². The lowest BCUT2D eigenvalue weighted by molar-refractivity contribution is 0.843. The quantitative estimate of drug-likeness (QED) is 0.563. The summed E-state index contributed by atoms with van der Waals surface area (Å²) in [5, 5.41) is 8.53. The minimum Gasteiger partial charge on any atom is -0.350 e. The smallest absolute Gasteiger partial charge is 0.107 e. The summed E-state index contributed by atoms with van der Waals surface area (Å²) < 4.78 is 3.32.